The van der Waals surface area contributed by atoms with Gasteiger partial charge in [0.25, 0.3) is 0 Å². The molecule has 0 saturated carbocycles. The van der Waals surface area contributed by atoms with Crippen LogP contribution >= 0.6 is 0 Å². The third-order valence-corrected chi connectivity index (χ3v) is 24.0. The molecule has 3 heteroatoms. The second kappa shape index (κ2) is 14.7. The van der Waals surface area contributed by atoms with Gasteiger partial charge in [0.05, 0.1) is 0 Å². The van der Waals surface area contributed by atoms with E-state index < -0.39 is 20.3 Å². The summed E-state index contributed by atoms with van der Waals surface area (Å²) in [6.07, 6.45) is 10.0. The Balaban J connectivity index is 0.00000217. The van der Waals surface area contributed by atoms with Crippen LogP contribution in [0.25, 0.3) is 34.4 Å². The fourth-order valence-corrected chi connectivity index (χ4v) is 27.0. The van der Waals surface area contributed by atoms with Crippen molar-refractivity contribution in [1.29, 1.82) is 0 Å². The van der Waals surface area contributed by atoms with Gasteiger partial charge in [0, 0.05) is 0 Å². The first-order chi connectivity index (χ1) is 21.9. The van der Waals surface area contributed by atoms with Crippen LogP contribution in [-0.2, 0) is 33.1 Å². The van der Waals surface area contributed by atoms with Crippen LogP contribution in [0.5, 0.6) is 0 Å². The molecule has 1 aliphatic heterocycles. The minimum Gasteiger partial charge on any atom is -1.00 e. The van der Waals surface area contributed by atoms with Gasteiger partial charge in [-0.3, -0.25) is 0 Å². The number of aryl methyl sites for hydroxylation is 2. The van der Waals surface area contributed by atoms with Crippen LogP contribution in [0.2, 0.25) is 8.26 Å². The fraction of sp³-hybridized carbons (Fsp3) is 0.364. The standard InChI is InChI=1S/2C21H23.C2H4.2ClH.Zr/c2*1-4-6-16-9-11-17(12-10-16)20-8-5-7-18-13-19(15(2)3)14-21(18)20;1-2;;;/h2*5,7-15H,4,6H2,1-3H3;1-2H2;2*1H;/q;;;;;+2/p-2. The SMILES string of the molecule is CCCc1ccc(-c2cccc3c2C=C(C(C)C)[CH]3[Zr+2]2([CH]3C(C(C)C)=Cc4c(-c5ccc(CCC)cc5)cccc43)[CH2][CH2]2)cc1.[Cl-].[Cl-]. The van der Waals surface area contributed by atoms with Gasteiger partial charge < -0.3 is 24.8 Å². The molecule has 0 spiro atoms. The van der Waals surface area contributed by atoms with E-state index in [1.807, 2.05) is 0 Å². The van der Waals surface area contributed by atoms with Crippen LogP contribution in [0.3, 0.4) is 0 Å². The predicted molar refractivity (Wildman–Crippen MR) is 192 cm³/mol. The van der Waals surface area contributed by atoms with Crippen LogP contribution in [0.1, 0.15) is 95.0 Å². The zero-order chi connectivity index (χ0) is 31.3. The summed E-state index contributed by atoms with van der Waals surface area (Å²) < 4.78 is 4.35. The van der Waals surface area contributed by atoms with Gasteiger partial charge in [-0.1, -0.05) is 0 Å². The summed E-state index contributed by atoms with van der Waals surface area (Å²) in [6.45, 7) is 14.3. The molecule has 1 fully saturated rings. The van der Waals surface area contributed by atoms with E-state index in [1.165, 1.54) is 65.6 Å². The number of benzene rings is 4. The van der Waals surface area contributed by atoms with Gasteiger partial charge in [-0.05, 0) is 0 Å². The normalized spacial score (nSPS) is 18.0. The molecule has 7 rings (SSSR count). The average molecular weight is 741 g/mol. The molecule has 0 bridgehead atoms. The molecule has 0 radical (unpaired) electrons. The van der Waals surface area contributed by atoms with Crippen molar-refractivity contribution in [1.82, 2.24) is 0 Å². The first kappa shape index (κ1) is 36.1. The van der Waals surface area contributed by atoms with Gasteiger partial charge in [-0.2, -0.15) is 0 Å². The molecule has 0 nitrogen and oxygen atoms in total. The Kier molecular flexibility index (Phi) is 11.3. The third kappa shape index (κ3) is 6.47. The van der Waals surface area contributed by atoms with Gasteiger partial charge in [0.2, 0.25) is 0 Å². The zero-order valence-corrected chi connectivity index (χ0v) is 33.0. The molecule has 0 aromatic heterocycles. The van der Waals surface area contributed by atoms with Crippen LogP contribution in [0, 0.1) is 11.8 Å². The van der Waals surface area contributed by atoms with Crippen LogP contribution in [0.15, 0.2) is 96.1 Å². The Morgan fingerprint density at radius 1 is 0.553 bits per heavy atom. The van der Waals surface area contributed by atoms with Crippen molar-refractivity contribution in [3.05, 3.63) is 129 Å². The molecule has 1 saturated heterocycles. The van der Waals surface area contributed by atoms with Gasteiger partial charge in [0.1, 0.15) is 0 Å². The zero-order valence-electron chi connectivity index (χ0n) is 29.0. The predicted octanol–water partition coefficient (Wildman–Crippen LogP) is 6.83. The molecule has 3 aliphatic rings. The van der Waals surface area contributed by atoms with Crippen molar-refractivity contribution in [2.24, 2.45) is 11.8 Å². The Bertz CT molecular complexity index is 1640. The number of halogens is 2. The van der Waals surface area contributed by atoms with Crippen LogP contribution in [0.4, 0.5) is 0 Å². The number of allylic oxidation sites excluding steroid dienone is 2. The maximum atomic E-state index is 2.65. The molecular formula is C44H50Cl2Zr. The summed E-state index contributed by atoms with van der Waals surface area (Å²) in [6, 6.07) is 33.4. The van der Waals surface area contributed by atoms with Crippen molar-refractivity contribution < 1.29 is 45.1 Å². The first-order valence-electron chi connectivity index (χ1n) is 17.7. The molecule has 1 heterocycles. The van der Waals surface area contributed by atoms with Gasteiger partial charge in [0.15, 0.2) is 0 Å². The second-order valence-corrected chi connectivity index (χ2v) is 26.1. The Hall–Kier alpha value is -2.18. The van der Waals surface area contributed by atoms with E-state index in [0.717, 1.165) is 12.8 Å². The number of fused-ring (bicyclic) bond motifs is 2. The van der Waals surface area contributed by atoms with E-state index in [2.05, 4.69) is 139 Å². The second-order valence-electron chi connectivity index (χ2n) is 14.7. The Morgan fingerprint density at radius 2 is 0.936 bits per heavy atom. The summed E-state index contributed by atoms with van der Waals surface area (Å²) in [4.78, 5) is 0. The smallest absolute Gasteiger partial charge is 1.00 e. The van der Waals surface area contributed by atoms with Crippen LogP contribution in [-0.4, -0.2) is 0 Å². The van der Waals surface area contributed by atoms with Crippen molar-refractivity contribution in [3.8, 4) is 22.3 Å². The first-order valence-corrected chi connectivity index (χ1v) is 24.0. The third-order valence-electron chi connectivity index (χ3n) is 11.1. The van der Waals surface area contributed by atoms with Gasteiger partial charge in [-0.25, -0.2) is 0 Å². The Labute approximate surface area is 301 Å². The molecule has 47 heavy (non-hydrogen) atoms. The number of hydrogen-bond acceptors (Lipinski definition) is 0. The average Bonchev–Trinajstić information content (AvgIpc) is 3.55. The topological polar surface area (TPSA) is 0 Å². The van der Waals surface area contributed by atoms with E-state index in [4.69, 9.17) is 0 Å². The van der Waals surface area contributed by atoms with Crippen LogP contribution < -0.4 is 24.8 Å². The van der Waals surface area contributed by atoms with Crippen molar-refractivity contribution in [2.45, 2.75) is 82.7 Å². The summed E-state index contributed by atoms with van der Waals surface area (Å²) in [5.74, 6) is 1.13. The fourth-order valence-electron chi connectivity index (χ4n) is 8.81. The van der Waals surface area contributed by atoms with Crippen molar-refractivity contribution in [3.63, 3.8) is 0 Å². The summed E-state index contributed by atoms with van der Waals surface area (Å²) in [5, 5.41) is 0. The summed E-state index contributed by atoms with van der Waals surface area (Å²) >= 11 is -2.79. The van der Waals surface area contributed by atoms with Crippen molar-refractivity contribution in [2.75, 3.05) is 0 Å². The molecule has 2 unspecified atom stereocenters. The van der Waals surface area contributed by atoms with E-state index in [9.17, 15) is 0 Å². The summed E-state index contributed by atoms with van der Waals surface area (Å²) in [7, 11) is 0. The number of hydrogen-bond donors (Lipinski definition) is 0. The van der Waals surface area contributed by atoms with E-state index in [1.54, 1.807) is 22.3 Å². The molecular weight excluding hydrogens is 691 g/mol. The number of rotatable bonds is 10. The Morgan fingerprint density at radius 3 is 1.26 bits per heavy atom. The van der Waals surface area contributed by atoms with E-state index in [0.29, 0.717) is 19.1 Å². The van der Waals surface area contributed by atoms with E-state index >= 15 is 0 Å². The largest absolute Gasteiger partial charge is 1.00 e. The molecule has 4 aromatic carbocycles. The quantitative estimate of drug-likeness (QED) is 0.168. The molecule has 2 atom stereocenters. The molecule has 0 amide bonds. The van der Waals surface area contributed by atoms with Crippen molar-refractivity contribution >= 4 is 12.2 Å². The maximum Gasteiger partial charge on any atom is -1.00 e. The molecule has 2 aliphatic carbocycles. The minimum atomic E-state index is -2.79. The summed E-state index contributed by atoms with van der Waals surface area (Å²) in [5.41, 5.74) is 18.3. The maximum absolute atomic E-state index is 2.79. The molecule has 0 N–H and O–H groups in total. The molecule has 4 aromatic rings. The monoisotopic (exact) mass is 738 g/mol. The minimum absolute atomic E-state index is 0. The van der Waals surface area contributed by atoms with Gasteiger partial charge in [-0.15, -0.1) is 0 Å². The van der Waals surface area contributed by atoms with E-state index in [-0.39, 0.29) is 24.8 Å². The van der Waals surface area contributed by atoms with Gasteiger partial charge >= 0.3 is 279 Å². The molecule has 244 valence electrons.